The van der Waals surface area contributed by atoms with Crippen LogP contribution < -0.4 is 20.5 Å². The maximum absolute atomic E-state index is 14.4. The van der Waals surface area contributed by atoms with Gasteiger partial charge in [0.15, 0.2) is 11.5 Å². The summed E-state index contributed by atoms with van der Waals surface area (Å²) in [6.07, 6.45) is 2.69. The van der Waals surface area contributed by atoms with Gasteiger partial charge in [0.05, 0.1) is 43.7 Å². The minimum atomic E-state index is -0.594. The highest BCUT2D eigenvalue weighted by molar-refractivity contribution is 6.16. The Hall–Kier alpha value is -3.76. The number of ether oxygens (including phenoxy) is 3. The fourth-order valence-corrected chi connectivity index (χ4v) is 3.70. The van der Waals surface area contributed by atoms with E-state index < -0.39 is 5.82 Å². The highest BCUT2D eigenvalue weighted by Crippen LogP contribution is 2.31. The van der Waals surface area contributed by atoms with Crippen molar-refractivity contribution in [2.75, 3.05) is 31.4 Å². The van der Waals surface area contributed by atoms with Gasteiger partial charge in [0.2, 0.25) is 5.82 Å². The van der Waals surface area contributed by atoms with Gasteiger partial charge in [-0.3, -0.25) is 5.41 Å². The summed E-state index contributed by atoms with van der Waals surface area (Å²) in [5.41, 5.74) is 7.17. The normalized spacial score (nSPS) is 17.7. The largest absolute Gasteiger partial charge is 0.494 e. The third kappa shape index (κ3) is 5.08. The third-order valence-electron chi connectivity index (χ3n) is 5.56. The lowest BCUT2D eigenvalue weighted by Crippen LogP contribution is -2.36. The third-order valence-corrected chi connectivity index (χ3v) is 5.56. The van der Waals surface area contributed by atoms with Crippen molar-refractivity contribution >= 4 is 17.3 Å². The number of halogens is 1. The minimum absolute atomic E-state index is 0.00671. The van der Waals surface area contributed by atoms with E-state index in [2.05, 4.69) is 15.3 Å². The zero-order chi connectivity index (χ0) is 24.1. The molecule has 5 N–H and O–H groups in total. The monoisotopic (exact) mass is 467 g/mol. The van der Waals surface area contributed by atoms with Crippen LogP contribution in [0, 0.1) is 11.2 Å². The Kier molecular flexibility index (Phi) is 7.19. The molecule has 0 bridgehead atoms. The Balaban J connectivity index is 1.51. The number of methoxy groups -OCH3 is 1. The van der Waals surface area contributed by atoms with Crippen LogP contribution in [0.15, 0.2) is 48.8 Å². The molecule has 9 nitrogen and oxygen atoms in total. The topological polar surface area (TPSA) is 136 Å². The highest BCUT2D eigenvalue weighted by atomic mass is 19.1. The maximum Gasteiger partial charge on any atom is 0.207 e. The number of anilines is 2. The number of nitrogens with two attached hydrogens (primary N) is 1. The molecular weight excluding hydrogens is 441 g/mol. The molecule has 0 spiro atoms. The van der Waals surface area contributed by atoms with Gasteiger partial charge in [-0.05, 0) is 49.2 Å². The molecule has 1 aromatic heterocycles. The standard InChI is InChI=1S/C24H26FN5O4/c1-32-18-3-2-4-19(21(18)25)34-16-8-5-14(6-9-16)22(26)20-23(27)28-13-29-24(20)30-15-7-10-17(11-31)33-12-15/h2-6,8-9,13,15,17,26,31H,7,10-12H2,1H3,(H3,27,28,29,30). The summed E-state index contributed by atoms with van der Waals surface area (Å²) in [6.45, 7) is 0.405. The van der Waals surface area contributed by atoms with Crippen molar-refractivity contribution < 1.29 is 23.7 Å². The van der Waals surface area contributed by atoms with Crippen LogP contribution in [0.5, 0.6) is 17.2 Å². The molecule has 2 unspecified atom stereocenters. The molecule has 0 aliphatic carbocycles. The molecule has 2 heterocycles. The van der Waals surface area contributed by atoms with Crippen molar-refractivity contribution in [1.29, 1.82) is 5.41 Å². The van der Waals surface area contributed by atoms with Gasteiger partial charge in [-0.25, -0.2) is 9.97 Å². The lowest BCUT2D eigenvalue weighted by molar-refractivity contribution is -0.0224. The quantitative estimate of drug-likeness (QED) is 0.370. The number of aliphatic hydroxyl groups is 1. The average Bonchev–Trinajstić information content (AvgIpc) is 2.86. The number of benzene rings is 2. The molecule has 3 aromatic rings. The van der Waals surface area contributed by atoms with Crippen molar-refractivity contribution in [3.63, 3.8) is 0 Å². The lowest BCUT2D eigenvalue weighted by Gasteiger charge is -2.29. The average molecular weight is 468 g/mol. The number of aromatic nitrogens is 2. The molecule has 1 saturated heterocycles. The summed E-state index contributed by atoms with van der Waals surface area (Å²) in [5, 5.41) is 21.3. The van der Waals surface area contributed by atoms with Crippen LogP contribution in [0.25, 0.3) is 0 Å². The van der Waals surface area contributed by atoms with E-state index in [9.17, 15) is 9.50 Å². The number of nitrogens with one attached hydrogen (secondary N) is 2. The van der Waals surface area contributed by atoms with Crippen LogP contribution in [-0.4, -0.2) is 53.3 Å². The van der Waals surface area contributed by atoms with E-state index in [1.807, 2.05) is 0 Å². The number of rotatable bonds is 8. The second-order valence-electron chi connectivity index (χ2n) is 7.81. The van der Waals surface area contributed by atoms with E-state index >= 15 is 0 Å². The first-order chi connectivity index (χ1) is 16.5. The molecule has 178 valence electrons. The summed E-state index contributed by atoms with van der Waals surface area (Å²) >= 11 is 0. The molecule has 4 rings (SSSR count). The zero-order valence-corrected chi connectivity index (χ0v) is 18.6. The fourth-order valence-electron chi connectivity index (χ4n) is 3.70. The van der Waals surface area contributed by atoms with Crippen LogP contribution in [0.2, 0.25) is 0 Å². The first-order valence-electron chi connectivity index (χ1n) is 10.8. The van der Waals surface area contributed by atoms with Crippen LogP contribution in [0.1, 0.15) is 24.0 Å². The molecule has 10 heteroatoms. The van der Waals surface area contributed by atoms with Crippen molar-refractivity contribution in [2.24, 2.45) is 0 Å². The lowest BCUT2D eigenvalue weighted by atomic mass is 10.0. The number of aliphatic hydroxyl groups excluding tert-OH is 1. The number of hydrogen-bond donors (Lipinski definition) is 4. The maximum atomic E-state index is 14.4. The Morgan fingerprint density at radius 2 is 1.97 bits per heavy atom. The molecule has 0 radical (unpaired) electrons. The van der Waals surface area contributed by atoms with Gasteiger partial charge in [-0.1, -0.05) is 6.07 Å². The van der Waals surface area contributed by atoms with E-state index in [4.69, 9.17) is 25.4 Å². The summed E-state index contributed by atoms with van der Waals surface area (Å²) in [7, 11) is 1.39. The van der Waals surface area contributed by atoms with Crippen LogP contribution >= 0.6 is 0 Å². The molecule has 1 aliphatic heterocycles. The Morgan fingerprint density at radius 1 is 1.21 bits per heavy atom. The van der Waals surface area contributed by atoms with E-state index in [1.54, 1.807) is 30.3 Å². The number of nitrogen functional groups attached to an aromatic ring is 1. The SMILES string of the molecule is COc1cccc(Oc2ccc(C(=N)c3c(N)ncnc3NC3CCC(CO)OC3)cc2)c1F. The van der Waals surface area contributed by atoms with Gasteiger partial charge < -0.3 is 30.4 Å². The molecule has 1 fully saturated rings. The summed E-state index contributed by atoms with van der Waals surface area (Å²) in [5.74, 6) is 0.540. The number of hydrogen-bond acceptors (Lipinski definition) is 9. The van der Waals surface area contributed by atoms with Gasteiger partial charge in [-0.2, -0.15) is 4.39 Å². The van der Waals surface area contributed by atoms with Gasteiger partial charge in [0.1, 0.15) is 23.7 Å². The van der Waals surface area contributed by atoms with E-state index in [1.165, 1.54) is 25.6 Å². The van der Waals surface area contributed by atoms with Gasteiger partial charge in [0, 0.05) is 5.56 Å². The number of nitrogens with zero attached hydrogens (tertiary/aromatic N) is 2. The van der Waals surface area contributed by atoms with E-state index in [0.717, 1.165) is 12.8 Å². The predicted molar refractivity (Wildman–Crippen MR) is 125 cm³/mol. The molecule has 0 amide bonds. The molecule has 1 aliphatic rings. The smallest absolute Gasteiger partial charge is 0.207 e. The van der Waals surface area contributed by atoms with Gasteiger partial charge in [-0.15, -0.1) is 0 Å². The minimum Gasteiger partial charge on any atom is -0.494 e. The van der Waals surface area contributed by atoms with Gasteiger partial charge in [0.25, 0.3) is 0 Å². The second-order valence-corrected chi connectivity index (χ2v) is 7.81. The van der Waals surface area contributed by atoms with Gasteiger partial charge >= 0.3 is 0 Å². The first kappa shape index (κ1) is 23.4. The molecule has 2 aromatic carbocycles. The van der Waals surface area contributed by atoms with Crippen molar-refractivity contribution in [3.8, 4) is 17.2 Å². The zero-order valence-electron chi connectivity index (χ0n) is 18.6. The van der Waals surface area contributed by atoms with Crippen molar-refractivity contribution in [2.45, 2.75) is 25.0 Å². The first-order valence-corrected chi connectivity index (χ1v) is 10.8. The van der Waals surface area contributed by atoms with Crippen LogP contribution in [0.4, 0.5) is 16.0 Å². The van der Waals surface area contributed by atoms with Crippen LogP contribution in [-0.2, 0) is 4.74 Å². The Bertz CT molecular complexity index is 1150. The Morgan fingerprint density at radius 3 is 2.65 bits per heavy atom. The summed E-state index contributed by atoms with van der Waals surface area (Å²) in [6, 6.07) is 11.3. The second kappa shape index (κ2) is 10.4. The van der Waals surface area contributed by atoms with E-state index in [-0.39, 0.29) is 41.8 Å². The summed E-state index contributed by atoms with van der Waals surface area (Å²) in [4.78, 5) is 8.34. The Labute approximate surface area is 196 Å². The van der Waals surface area contributed by atoms with Crippen LogP contribution in [0.3, 0.4) is 0 Å². The fraction of sp³-hybridized carbons (Fsp3) is 0.292. The molecule has 34 heavy (non-hydrogen) atoms. The predicted octanol–water partition coefficient (Wildman–Crippen LogP) is 3.37. The van der Waals surface area contributed by atoms with Crippen molar-refractivity contribution in [3.05, 3.63) is 65.7 Å². The van der Waals surface area contributed by atoms with Crippen molar-refractivity contribution in [1.82, 2.24) is 9.97 Å². The molecule has 0 saturated carbocycles. The molecular formula is C24H26FN5O4. The summed E-state index contributed by atoms with van der Waals surface area (Å²) < 4.78 is 30.6. The molecule has 2 atom stereocenters. The van der Waals surface area contributed by atoms with E-state index in [0.29, 0.717) is 29.3 Å². The highest BCUT2D eigenvalue weighted by Gasteiger charge is 2.24.